The summed E-state index contributed by atoms with van der Waals surface area (Å²) < 4.78 is 0.819. The lowest BCUT2D eigenvalue weighted by molar-refractivity contribution is 0.418. The Hall–Kier alpha value is 1.84. The summed E-state index contributed by atoms with van der Waals surface area (Å²) in [6.45, 7) is 4.17. The van der Waals surface area contributed by atoms with E-state index in [1.54, 1.807) is 0 Å². The molecule has 15 heteroatoms. The predicted molar refractivity (Wildman–Crippen MR) is 159 cm³/mol. The number of rotatable bonds is 14. The lowest BCUT2D eigenvalue weighted by atomic mass is 9.93. The summed E-state index contributed by atoms with van der Waals surface area (Å²) in [5.74, 6) is 0. The third-order valence-electron chi connectivity index (χ3n) is 3.50. The van der Waals surface area contributed by atoms with Crippen LogP contribution in [-0.2, 0) is 0 Å². The van der Waals surface area contributed by atoms with Crippen LogP contribution in [0.5, 0.6) is 0 Å². The molecule has 0 aromatic heterocycles. The summed E-state index contributed by atoms with van der Waals surface area (Å²) in [4.78, 5) is 1.40. The fourth-order valence-corrected chi connectivity index (χ4v) is 5.69. The molecule has 0 aliphatic carbocycles. The van der Waals surface area contributed by atoms with Crippen molar-refractivity contribution in [2.75, 3.05) is 39.3 Å². The predicted octanol–water partition coefficient (Wildman–Crippen LogP) is 1.32. The molecule has 0 spiro atoms. The van der Waals surface area contributed by atoms with Crippen LogP contribution in [0.15, 0.2) is 0 Å². The maximum Gasteiger partial charge on any atom is 0.150 e. The average molecular weight is 570 g/mol. The van der Waals surface area contributed by atoms with Gasteiger partial charge in [0.25, 0.3) is 0 Å². The molecule has 5 nitrogen and oxygen atoms in total. The molecule has 0 aromatic carbocycles. The second kappa shape index (κ2) is 15.6. The topological polar surface area (TPSA) is 65.3 Å². The molecule has 0 fully saturated rings. The van der Waals surface area contributed by atoms with E-state index in [0.29, 0.717) is 19.6 Å². The highest BCUT2D eigenvalue weighted by Gasteiger charge is 2.52. The maximum absolute atomic E-state index is 5.43. The molecule has 0 saturated heterocycles. The number of nitrogens with two attached hydrogens (primary N) is 1. The lowest BCUT2D eigenvalue weighted by Crippen LogP contribution is -2.70. The van der Waals surface area contributed by atoms with Gasteiger partial charge in [-0.25, -0.2) is 0 Å². The van der Waals surface area contributed by atoms with Gasteiger partial charge in [0.1, 0.15) is 14.2 Å². The minimum Gasteiger partial charge on any atom is -0.329 e. The molecule has 0 aliphatic rings. The summed E-state index contributed by atoms with van der Waals surface area (Å²) >= 11 is 48.3. The highest BCUT2D eigenvalue weighted by molar-refractivity contribution is 8.16. The van der Waals surface area contributed by atoms with E-state index >= 15 is 0 Å². The number of hydrogen-bond donors (Lipinski definition) is 9. The Labute approximate surface area is 220 Å². The third kappa shape index (κ3) is 8.76. The number of hydrogen-bond acceptors (Lipinski definition) is 9. The van der Waals surface area contributed by atoms with Crippen molar-refractivity contribution in [3.05, 3.63) is 0 Å². The van der Waals surface area contributed by atoms with Crippen molar-refractivity contribution in [2.24, 2.45) is 5.73 Å². The Morgan fingerprint density at radius 1 is 0.786 bits per heavy atom. The average Bonchev–Trinajstić information content (AvgIpc) is 2.57. The monoisotopic (exact) mass is 569 g/mol. The van der Waals surface area contributed by atoms with Crippen LogP contribution in [0.4, 0.5) is 0 Å². The number of thiocarbonyl (C=S) groups is 5. The SMILES string of the molecule is NCCNCCNCCNC(C(=S)S)C(C(=S)S)(C(=S)S)N(C(=S)S)C(=S)S. The molecular weight excluding hydrogens is 547 g/mol. The molecule has 160 valence electrons. The fourth-order valence-electron chi connectivity index (χ4n) is 2.29. The van der Waals surface area contributed by atoms with E-state index in [1.807, 2.05) is 0 Å². The largest absolute Gasteiger partial charge is 0.329 e. The molecule has 0 aliphatic heterocycles. The van der Waals surface area contributed by atoms with Crippen LogP contribution >= 0.6 is 124 Å². The fraction of sp³-hybridized carbons (Fsp3) is 0.615. The first-order chi connectivity index (χ1) is 13.0. The quantitative estimate of drug-likeness (QED) is 0.0870. The van der Waals surface area contributed by atoms with E-state index in [0.717, 1.165) is 19.6 Å². The molecule has 0 radical (unpaired) electrons. The van der Waals surface area contributed by atoms with Crippen molar-refractivity contribution in [2.45, 2.75) is 11.6 Å². The summed E-state index contributed by atoms with van der Waals surface area (Å²) in [5.41, 5.74) is 4.08. The van der Waals surface area contributed by atoms with E-state index in [9.17, 15) is 0 Å². The van der Waals surface area contributed by atoms with Crippen LogP contribution in [0, 0.1) is 0 Å². The van der Waals surface area contributed by atoms with Crippen LogP contribution in [0.2, 0.25) is 0 Å². The van der Waals surface area contributed by atoms with Crippen LogP contribution in [0.1, 0.15) is 0 Å². The summed E-state index contributed by atoms with van der Waals surface area (Å²) in [6, 6.07) is -0.673. The molecule has 0 amide bonds. The van der Waals surface area contributed by atoms with Crippen molar-refractivity contribution in [3.8, 4) is 0 Å². The number of nitrogens with zero attached hydrogens (tertiary/aromatic N) is 1. The van der Waals surface area contributed by atoms with E-state index in [-0.39, 0.29) is 21.2 Å². The van der Waals surface area contributed by atoms with Gasteiger partial charge in [-0.2, -0.15) is 0 Å². The number of thiol groups is 5. The van der Waals surface area contributed by atoms with Crippen molar-refractivity contribution in [3.63, 3.8) is 0 Å². The lowest BCUT2D eigenvalue weighted by Gasteiger charge is -2.47. The van der Waals surface area contributed by atoms with Gasteiger partial charge >= 0.3 is 0 Å². The van der Waals surface area contributed by atoms with Gasteiger partial charge in [-0.05, 0) is 0 Å². The highest BCUT2D eigenvalue weighted by Crippen LogP contribution is 2.33. The smallest absolute Gasteiger partial charge is 0.150 e. The zero-order valence-electron chi connectivity index (χ0n) is 14.6. The maximum atomic E-state index is 5.43. The Kier molecular flexibility index (Phi) is 16.6. The molecule has 5 N–H and O–H groups in total. The van der Waals surface area contributed by atoms with E-state index in [2.05, 4.69) is 79.1 Å². The molecule has 1 atom stereocenters. The van der Waals surface area contributed by atoms with Crippen molar-refractivity contribution < 1.29 is 0 Å². The Morgan fingerprint density at radius 2 is 1.21 bits per heavy atom. The Balaban J connectivity index is 5.48. The normalized spacial score (nSPS) is 12.4. The van der Waals surface area contributed by atoms with Gasteiger partial charge in [0, 0.05) is 39.3 Å². The first-order valence-electron chi connectivity index (χ1n) is 7.85. The van der Waals surface area contributed by atoms with Gasteiger partial charge in [0.05, 0.1) is 18.6 Å². The molecule has 28 heavy (non-hydrogen) atoms. The molecule has 0 aromatic rings. The zero-order valence-corrected chi connectivity index (χ0v) is 23.2. The van der Waals surface area contributed by atoms with Crippen LogP contribution in [-0.4, -0.2) is 77.0 Å². The standard InChI is InChI=1S/C13H23N5S10/c14-1-2-15-3-4-16-5-6-17-7(8(19)20)13(9(21)22,10(23)24)18(11(25)26)12(27)28/h7,15-17H,1-6,14H2,(H,19,20)(H,21,22)(H,23,24)(H,25,26)(H,27,28). The summed E-state index contributed by atoms with van der Waals surface area (Å²) in [7, 11) is 0. The van der Waals surface area contributed by atoms with Gasteiger partial charge in [0.15, 0.2) is 0 Å². The molecule has 0 saturated carbocycles. The van der Waals surface area contributed by atoms with Crippen molar-refractivity contribution in [1.82, 2.24) is 20.9 Å². The second-order valence-electron chi connectivity index (χ2n) is 5.29. The minimum atomic E-state index is -1.35. The van der Waals surface area contributed by atoms with E-state index < -0.39 is 11.6 Å². The first kappa shape index (κ1) is 29.8. The van der Waals surface area contributed by atoms with Crippen molar-refractivity contribution >= 4 is 145 Å². The summed E-state index contributed by atoms with van der Waals surface area (Å²) in [5, 5.41) is 9.78. The van der Waals surface area contributed by atoms with Gasteiger partial charge < -0.3 is 21.7 Å². The summed E-state index contributed by atoms with van der Waals surface area (Å²) in [6.07, 6.45) is 0. The van der Waals surface area contributed by atoms with Crippen LogP contribution in [0.25, 0.3) is 0 Å². The molecule has 0 bridgehead atoms. The van der Waals surface area contributed by atoms with Gasteiger partial charge in [-0.3, -0.25) is 4.90 Å². The zero-order chi connectivity index (χ0) is 21.9. The Bertz CT molecular complexity index is 570. The molecule has 1 unspecified atom stereocenters. The second-order valence-corrected chi connectivity index (χ2v) is 11.1. The van der Waals surface area contributed by atoms with Crippen LogP contribution < -0.4 is 21.7 Å². The minimum absolute atomic E-state index is 0.105. The van der Waals surface area contributed by atoms with E-state index in [4.69, 9.17) is 66.8 Å². The van der Waals surface area contributed by atoms with Gasteiger partial charge in [-0.1, -0.05) is 61.1 Å². The first-order valence-corrected chi connectivity index (χ1v) is 12.1. The highest BCUT2D eigenvalue weighted by atomic mass is 32.2. The molecule has 0 rings (SSSR count). The number of nitrogens with one attached hydrogen (secondary N) is 3. The van der Waals surface area contributed by atoms with Gasteiger partial charge in [-0.15, -0.1) is 63.1 Å². The van der Waals surface area contributed by atoms with Crippen molar-refractivity contribution in [1.29, 1.82) is 0 Å². The third-order valence-corrected chi connectivity index (χ3v) is 6.07. The molecular formula is C13H23N5S10. The van der Waals surface area contributed by atoms with Gasteiger partial charge in [0.2, 0.25) is 0 Å². The Morgan fingerprint density at radius 3 is 1.57 bits per heavy atom. The van der Waals surface area contributed by atoms with Crippen LogP contribution in [0.3, 0.4) is 0 Å². The molecule has 0 heterocycles. The van der Waals surface area contributed by atoms with E-state index in [1.165, 1.54) is 4.90 Å².